The summed E-state index contributed by atoms with van der Waals surface area (Å²) >= 11 is 0. The molecule has 0 saturated heterocycles. The van der Waals surface area contributed by atoms with Gasteiger partial charge < -0.3 is 9.15 Å². The van der Waals surface area contributed by atoms with Crippen molar-refractivity contribution >= 4 is 16.7 Å². The molecule has 0 saturated carbocycles. The zero-order chi connectivity index (χ0) is 13.2. The summed E-state index contributed by atoms with van der Waals surface area (Å²) in [7, 11) is 1.32. The molecule has 94 valence electrons. The molecule has 0 atom stereocenters. The molecule has 1 aromatic carbocycles. The van der Waals surface area contributed by atoms with Crippen molar-refractivity contribution in [2.75, 3.05) is 7.11 Å². The van der Waals surface area contributed by atoms with Crippen LogP contribution in [0.25, 0.3) is 22.1 Å². The van der Waals surface area contributed by atoms with Gasteiger partial charge in [-0.25, -0.2) is 4.79 Å². The van der Waals surface area contributed by atoms with Crippen molar-refractivity contribution in [3.05, 3.63) is 54.6 Å². The van der Waals surface area contributed by atoms with Gasteiger partial charge in [0, 0.05) is 23.3 Å². The Morgan fingerprint density at radius 3 is 2.84 bits per heavy atom. The van der Waals surface area contributed by atoms with E-state index in [0.29, 0.717) is 5.76 Å². The van der Waals surface area contributed by atoms with Crippen LogP contribution < -0.4 is 0 Å². The van der Waals surface area contributed by atoms with Crippen molar-refractivity contribution in [1.29, 1.82) is 0 Å². The summed E-state index contributed by atoms with van der Waals surface area (Å²) in [5.74, 6) is 0.301. The number of hydrogen-bond donors (Lipinski definition) is 0. The van der Waals surface area contributed by atoms with Crippen LogP contribution >= 0.6 is 0 Å². The Bertz CT molecular complexity index is 740. The first-order chi connectivity index (χ1) is 9.29. The molecule has 0 fully saturated rings. The molecule has 0 unspecified atom stereocenters. The molecule has 0 aliphatic heterocycles. The van der Waals surface area contributed by atoms with Crippen LogP contribution in [0.3, 0.4) is 0 Å². The first kappa shape index (κ1) is 11.5. The fraction of sp³-hybridized carbons (Fsp3) is 0.0667. The van der Waals surface area contributed by atoms with Crippen molar-refractivity contribution in [2.45, 2.75) is 0 Å². The molecular weight excluding hydrogens is 242 g/mol. The minimum Gasteiger partial charge on any atom is -0.463 e. The van der Waals surface area contributed by atoms with Crippen molar-refractivity contribution in [2.24, 2.45) is 0 Å². The second kappa shape index (κ2) is 4.57. The summed E-state index contributed by atoms with van der Waals surface area (Å²) < 4.78 is 10.1. The molecule has 4 nitrogen and oxygen atoms in total. The molecule has 0 radical (unpaired) electrons. The molecule has 0 bridgehead atoms. The smallest absolute Gasteiger partial charge is 0.373 e. The predicted octanol–water partition coefficient (Wildman–Crippen LogP) is 3.28. The minimum atomic E-state index is -0.487. The van der Waals surface area contributed by atoms with Gasteiger partial charge in [-0.1, -0.05) is 24.3 Å². The molecule has 0 amide bonds. The first-order valence-corrected chi connectivity index (χ1v) is 5.81. The second-order valence-corrected chi connectivity index (χ2v) is 4.06. The zero-order valence-corrected chi connectivity index (χ0v) is 10.3. The van der Waals surface area contributed by atoms with E-state index in [4.69, 9.17) is 4.42 Å². The quantitative estimate of drug-likeness (QED) is 0.658. The van der Waals surface area contributed by atoms with E-state index in [2.05, 4.69) is 9.72 Å². The summed E-state index contributed by atoms with van der Waals surface area (Å²) in [6.45, 7) is 0. The van der Waals surface area contributed by atoms with Gasteiger partial charge in [-0.05, 0) is 17.5 Å². The molecule has 3 rings (SSSR count). The summed E-state index contributed by atoms with van der Waals surface area (Å²) in [5, 5.41) is 2.05. The fourth-order valence-corrected chi connectivity index (χ4v) is 2.01. The highest BCUT2D eigenvalue weighted by Gasteiger charge is 2.13. The van der Waals surface area contributed by atoms with Crippen LogP contribution in [-0.4, -0.2) is 18.1 Å². The summed E-state index contributed by atoms with van der Waals surface area (Å²) in [6, 6.07) is 11.2. The standard InChI is InChI=1S/C15H11NO3/c1-18-15(17)14-7-6-13(19-14)12-9-16-8-10-4-2-3-5-11(10)12/h2-9H,1H3. The number of fused-ring (bicyclic) bond motifs is 1. The van der Waals surface area contributed by atoms with Gasteiger partial charge in [0.2, 0.25) is 5.76 Å². The SMILES string of the molecule is COC(=O)c1ccc(-c2cncc3ccccc23)o1. The van der Waals surface area contributed by atoms with Crippen LogP contribution in [0.2, 0.25) is 0 Å². The molecule has 3 aromatic rings. The lowest BCUT2D eigenvalue weighted by atomic mass is 10.1. The third-order valence-corrected chi connectivity index (χ3v) is 2.93. The molecule has 19 heavy (non-hydrogen) atoms. The van der Waals surface area contributed by atoms with Gasteiger partial charge in [-0.2, -0.15) is 0 Å². The number of rotatable bonds is 2. The number of carbonyl (C=O) groups excluding carboxylic acids is 1. The lowest BCUT2D eigenvalue weighted by molar-refractivity contribution is 0.0566. The van der Waals surface area contributed by atoms with Gasteiger partial charge in [0.05, 0.1) is 7.11 Å². The van der Waals surface area contributed by atoms with E-state index in [1.54, 1.807) is 24.5 Å². The maximum Gasteiger partial charge on any atom is 0.373 e. The van der Waals surface area contributed by atoms with Gasteiger partial charge >= 0.3 is 5.97 Å². The van der Waals surface area contributed by atoms with Crippen LogP contribution in [0.4, 0.5) is 0 Å². The highest BCUT2D eigenvalue weighted by molar-refractivity contribution is 5.95. The third kappa shape index (κ3) is 1.97. The Morgan fingerprint density at radius 2 is 2.00 bits per heavy atom. The number of ether oxygens (including phenoxy) is 1. The van der Waals surface area contributed by atoms with Gasteiger partial charge in [-0.15, -0.1) is 0 Å². The Balaban J connectivity index is 2.14. The largest absolute Gasteiger partial charge is 0.463 e. The van der Waals surface area contributed by atoms with Gasteiger partial charge in [0.15, 0.2) is 0 Å². The molecule has 2 heterocycles. The number of furan rings is 1. The monoisotopic (exact) mass is 253 g/mol. The van der Waals surface area contributed by atoms with Crippen LogP contribution in [0.1, 0.15) is 10.6 Å². The van der Waals surface area contributed by atoms with Crippen LogP contribution in [-0.2, 0) is 4.74 Å². The van der Waals surface area contributed by atoms with E-state index in [0.717, 1.165) is 16.3 Å². The topological polar surface area (TPSA) is 52.3 Å². The third-order valence-electron chi connectivity index (χ3n) is 2.93. The zero-order valence-electron chi connectivity index (χ0n) is 10.3. The van der Waals surface area contributed by atoms with E-state index >= 15 is 0 Å². The Kier molecular flexibility index (Phi) is 2.76. The van der Waals surface area contributed by atoms with Crippen molar-refractivity contribution < 1.29 is 13.9 Å². The average molecular weight is 253 g/mol. The second-order valence-electron chi connectivity index (χ2n) is 4.06. The Labute approximate surface area is 109 Å². The number of aromatic nitrogens is 1. The van der Waals surface area contributed by atoms with E-state index in [1.807, 2.05) is 24.3 Å². The normalized spacial score (nSPS) is 10.6. The fourth-order valence-electron chi connectivity index (χ4n) is 2.01. The highest BCUT2D eigenvalue weighted by Crippen LogP contribution is 2.29. The van der Waals surface area contributed by atoms with E-state index < -0.39 is 5.97 Å². The van der Waals surface area contributed by atoms with E-state index in [1.165, 1.54) is 7.11 Å². The molecule has 0 N–H and O–H groups in total. The molecule has 0 spiro atoms. The maximum atomic E-state index is 11.4. The lowest BCUT2D eigenvalue weighted by Gasteiger charge is -2.02. The number of carbonyl (C=O) groups is 1. The van der Waals surface area contributed by atoms with Gasteiger partial charge in [0.25, 0.3) is 0 Å². The van der Waals surface area contributed by atoms with Crippen LogP contribution in [0, 0.1) is 0 Å². The number of hydrogen-bond acceptors (Lipinski definition) is 4. The van der Waals surface area contributed by atoms with Crippen molar-refractivity contribution in [1.82, 2.24) is 4.98 Å². The van der Waals surface area contributed by atoms with Crippen LogP contribution in [0.15, 0.2) is 53.2 Å². The Hall–Kier alpha value is -2.62. The number of methoxy groups -OCH3 is 1. The highest BCUT2D eigenvalue weighted by atomic mass is 16.5. The maximum absolute atomic E-state index is 11.4. The Morgan fingerprint density at radius 1 is 1.16 bits per heavy atom. The molecule has 0 aliphatic carbocycles. The van der Waals surface area contributed by atoms with Crippen molar-refractivity contribution in [3.8, 4) is 11.3 Å². The molecule has 2 aromatic heterocycles. The first-order valence-electron chi connectivity index (χ1n) is 5.81. The van der Waals surface area contributed by atoms with Crippen LogP contribution in [0.5, 0.6) is 0 Å². The minimum absolute atomic E-state index is 0.186. The molecule has 4 heteroatoms. The van der Waals surface area contributed by atoms with E-state index in [9.17, 15) is 4.79 Å². The van der Waals surface area contributed by atoms with Gasteiger partial charge in [-0.3, -0.25) is 4.98 Å². The number of benzene rings is 1. The molecule has 0 aliphatic rings. The summed E-state index contributed by atoms with van der Waals surface area (Å²) in [5.41, 5.74) is 0.855. The molecular formula is C15H11NO3. The number of pyridine rings is 1. The van der Waals surface area contributed by atoms with E-state index in [-0.39, 0.29) is 5.76 Å². The predicted molar refractivity (Wildman–Crippen MR) is 70.8 cm³/mol. The van der Waals surface area contributed by atoms with Gasteiger partial charge in [0.1, 0.15) is 5.76 Å². The number of nitrogens with zero attached hydrogens (tertiary/aromatic N) is 1. The van der Waals surface area contributed by atoms with Crippen molar-refractivity contribution in [3.63, 3.8) is 0 Å². The summed E-state index contributed by atoms with van der Waals surface area (Å²) in [4.78, 5) is 15.6. The average Bonchev–Trinajstić information content (AvgIpc) is 2.95. The number of esters is 1. The summed E-state index contributed by atoms with van der Waals surface area (Å²) in [6.07, 6.45) is 3.52. The lowest BCUT2D eigenvalue weighted by Crippen LogP contribution is -1.98.